The molecule has 0 radical (unpaired) electrons. The summed E-state index contributed by atoms with van der Waals surface area (Å²) in [4.78, 5) is 43.2. The minimum atomic E-state index is -0.331. The third-order valence-corrected chi connectivity index (χ3v) is 7.79. The quantitative estimate of drug-likeness (QED) is 0.236. The van der Waals surface area contributed by atoms with E-state index in [1.807, 2.05) is 18.2 Å². The Balaban J connectivity index is 1.30. The number of nitrogens with zero attached hydrogens (tertiary/aromatic N) is 2. The second-order valence-electron chi connectivity index (χ2n) is 9.65. The third kappa shape index (κ3) is 6.72. The number of fused-ring (bicyclic) bond motifs is 1. The molecule has 9 heteroatoms. The Morgan fingerprint density at radius 2 is 1.64 bits per heavy atom. The van der Waals surface area contributed by atoms with Crippen molar-refractivity contribution in [3.05, 3.63) is 106 Å². The molecule has 2 amide bonds. The summed E-state index contributed by atoms with van der Waals surface area (Å²) in [5.41, 5.74) is 2.58. The van der Waals surface area contributed by atoms with Gasteiger partial charge in [0.1, 0.15) is 5.82 Å². The van der Waals surface area contributed by atoms with Gasteiger partial charge >= 0.3 is 0 Å². The molecule has 2 N–H and O–H groups in total. The molecule has 0 spiro atoms. The Morgan fingerprint density at radius 1 is 0.949 bits per heavy atom. The standard InChI is InChI=1S/C30H29FN4O3S/c31-23-15-11-20(12-16-23)17-32-27(36)19-39-30-34-26-8-4-3-7-25(26)29(38)35(30)18-21-9-13-22(14-10-21)28(37)33-24-5-1-2-6-24/h3-4,7-16,24H,1-2,5-6,17-19H2,(H,32,36)(H,33,37). The van der Waals surface area contributed by atoms with Gasteiger partial charge in [0.2, 0.25) is 5.91 Å². The smallest absolute Gasteiger partial charge is 0.262 e. The number of halogens is 1. The van der Waals surface area contributed by atoms with Gasteiger partial charge in [-0.1, -0.05) is 61.0 Å². The van der Waals surface area contributed by atoms with E-state index in [1.54, 1.807) is 47.0 Å². The van der Waals surface area contributed by atoms with E-state index in [9.17, 15) is 18.8 Å². The second-order valence-corrected chi connectivity index (χ2v) is 10.6. The molecule has 0 aliphatic heterocycles. The molecule has 1 saturated carbocycles. The maximum atomic E-state index is 13.4. The lowest BCUT2D eigenvalue weighted by atomic mass is 10.1. The fourth-order valence-corrected chi connectivity index (χ4v) is 5.49. The normalized spacial score (nSPS) is 13.5. The number of carbonyl (C=O) groups is 2. The van der Waals surface area contributed by atoms with E-state index in [0.717, 1.165) is 36.8 Å². The number of nitrogens with one attached hydrogen (secondary N) is 2. The van der Waals surface area contributed by atoms with Crippen LogP contribution in [0.4, 0.5) is 4.39 Å². The van der Waals surface area contributed by atoms with Crippen LogP contribution in [0.5, 0.6) is 0 Å². The van der Waals surface area contributed by atoms with Gasteiger partial charge in [0, 0.05) is 18.2 Å². The summed E-state index contributed by atoms with van der Waals surface area (Å²) in [5.74, 6) is -0.577. The number of carbonyl (C=O) groups excluding carboxylic acids is 2. The number of hydrogen-bond acceptors (Lipinski definition) is 5. The lowest BCUT2D eigenvalue weighted by Crippen LogP contribution is -2.32. The van der Waals surface area contributed by atoms with E-state index in [4.69, 9.17) is 0 Å². The zero-order valence-electron chi connectivity index (χ0n) is 21.4. The molecule has 1 aliphatic carbocycles. The minimum absolute atomic E-state index is 0.0618. The van der Waals surface area contributed by atoms with Crippen LogP contribution in [-0.2, 0) is 17.9 Å². The first-order valence-corrected chi connectivity index (χ1v) is 14.0. The van der Waals surface area contributed by atoms with Crippen molar-refractivity contribution in [2.24, 2.45) is 0 Å². The second kappa shape index (κ2) is 12.3. The highest BCUT2D eigenvalue weighted by Crippen LogP contribution is 2.20. The lowest BCUT2D eigenvalue weighted by molar-refractivity contribution is -0.118. The van der Waals surface area contributed by atoms with E-state index in [-0.39, 0.29) is 48.1 Å². The van der Waals surface area contributed by atoms with Crippen molar-refractivity contribution in [3.63, 3.8) is 0 Å². The topological polar surface area (TPSA) is 93.1 Å². The number of thioether (sulfide) groups is 1. The average Bonchev–Trinajstić information content (AvgIpc) is 3.47. The molecule has 200 valence electrons. The Bertz CT molecular complexity index is 1530. The van der Waals surface area contributed by atoms with Crippen LogP contribution in [-0.4, -0.2) is 33.2 Å². The number of rotatable bonds is 9. The molecular formula is C30H29FN4O3S. The number of hydrogen-bond donors (Lipinski definition) is 2. The van der Waals surface area contributed by atoms with Gasteiger partial charge in [-0.05, 0) is 60.4 Å². The van der Waals surface area contributed by atoms with Gasteiger partial charge in [-0.2, -0.15) is 0 Å². The summed E-state index contributed by atoms with van der Waals surface area (Å²) in [5, 5.41) is 6.83. The van der Waals surface area contributed by atoms with Crippen LogP contribution in [0, 0.1) is 5.82 Å². The maximum absolute atomic E-state index is 13.4. The summed E-state index contributed by atoms with van der Waals surface area (Å²) in [7, 11) is 0. The zero-order valence-corrected chi connectivity index (χ0v) is 22.2. The van der Waals surface area contributed by atoms with Crippen LogP contribution in [0.15, 0.2) is 82.7 Å². The van der Waals surface area contributed by atoms with Gasteiger partial charge in [-0.15, -0.1) is 0 Å². The van der Waals surface area contributed by atoms with Crippen molar-refractivity contribution in [1.82, 2.24) is 20.2 Å². The van der Waals surface area contributed by atoms with Crippen molar-refractivity contribution in [2.45, 2.75) is 50.0 Å². The molecule has 39 heavy (non-hydrogen) atoms. The minimum Gasteiger partial charge on any atom is -0.351 e. The summed E-state index contributed by atoms with van der Waals surface area (Å²) in [6.45, 7) is 0.527. The lowest BCUT2D eigenvalue weighted by Gasteiger charge is -2.14. The predicted molar refractivity (Wildman–Crippen MR) is 150 cm³/mol. The van der Waals surface area contributed by atoms with Crippen molar-refractivity contribution in [1.29, 1.82) is 0 Å². The molecule has 7 nitrogen and oxygen atoms in total. The van der Waals surface area contributed by atoms with E-state index in [1.165, 1.54) is 23.9 Å². The summed E-state index contributed by atoms with van der Waals surface area (Å²) in [6.07, 6.45) is 4.34. The number of aromatic nitrogens is 2. The molecular weight excluding hydrogens is 515 g/mol. The van der Waals surface area contributed by atoms with Crippen LogP contribution in [0.1, 0.15) is 47.2 Å². The first-order chi connectivity index (χ1) is 19.0. The molecule has 1 aromatic heterocycles. The zero-order chi connectivity index (χ0) is 27.2. The Morgan fingerprint density at radius 3 is 2.38 bits per heavy atom. The molecule has 1 aliphatic rings. The van der Waals surface area contributed by atoms with Gasteiger partial charge in [0.05, 0.1) is 23.2 Å². The monoisotopic (exact) mass is 544 g/mol. The number of amides is 2. The molecule has 1 fully saturated rings. The van der Waals surface area contributed by atoms with E-state index in [2.05, 4.69) is 15.6 Å². The largest absolute Gasteiger partial charge is 0.351 e. The SMILES string of the molecule is O=C(CSc1nc2ccccc2c(=O)n1Cc1ccc(C(=O)NC2CCCC2)cc1)NCc1ccc(F)cc1. The predicted octanol–water partition coefficient (Wildman–Crippen LogP) is 4.66. The van der Waals surface area contributed by atoms with E-state index < -0.39 is 0 Å². The van der Waals surface area contributed by atoms with Gasteiger partial charge in [0.25, 0.3) is 11.5 Å². The van der Waals surface area contributed by atoms with Crippen molar-refractivity contribution in [2.75, 3.05) is 5.75 Å². The average molecular weight is 545 g/mol. The molecule has 0 bridgehead atoms. The maximum Gasteiger partial charge on any atom is 0.262 e. The molecule has 4 aromatic rings. The third-order valence-electron chi connectivity index (χ3n) is 6.81. The van der Waals surface area contributed by atoms with Gasteiger partial charge in [-0.25, -0.2) is 9.37 Å². The summed E-state index contributed by atoms with van der Waals surface area (Å²) in [6, 6.07) is 20.5. The van der Waals surface area contributed by atoms with Gasteiger partial charge in [0.15, 0.2) is 5.16 Å². The highest BCUT2D eigenvalue weighted by molar-refractivity contribution is 7.99. The Labute approximate surface area is 229 Å². The number of para-hydroxylation sites is 1. The molecule has 0 atom stereocenters. The van der Waals surface area contributed by atoms with Crippen LogP contribution >= 0.6 is 11.8 Å². The Kier molecular flexibility index (Phi) is 8.36. The first kappa shape index (κ1) is 26.6. The van der Waals surface area contributed by atoms with Crippen LogP contribution < -0.4 is 16.2 Å². The van der Waals surface area contributed by atoms with Gasteiger partial charge < -0.3 is 10.6 Å². The highest BCUT2D eigenvalue weighted by atomic mass is 32.2. The summed E-state index contributed by atoms with van der Waals surface area (Å²) < 4.78 is 14.7. The molecule has 3 aromatic carbocycles. The fraction of sp³-hybridized carbons (Fsp3) is 0.267. The van der Waals surface area contributed by atoms with Crippen LogP contribution in [0.25, 0.3) is 10.9 Å². The molecule has 0 saturated heterocycles. The van der Waals surface area contributed by atoms with Crippen LogP contribution in [0.3, 0.4) is 0 Å². The van der Waals surface area contributed by atoms with E-state index in [0.29, 0.717) is 21.6 Å². The Hall–Kier alpha value is -3.98. The van der Waals surface area contributed by atoms with Crippen molar-refractivity contribution >= 4 is 34.5 Å². The molecule has 1 heterocycles. The summed E-state index contributed by atoms with van der Waals surface area (Å²) >= 11 is 1.18. The molecule has 0 unspecified atom stereocenters. The highest BCUT2D eigenvalue weighted by Gasteiger charge is 2.18. The first-order valence-electron chi connectivity index (χ1n) is 13.0. The van der Waals surface area contributed by atoms with Crippen molar-refractivity contribution < 1.29 is 14.0 Å². The van der Waals surface area contributed by atoms with Crippen LogP contribution in [0.2, 0.25) is 0 Å². The fourth-order valence-electron chi connectivity index (χ4n) is 4.66. The number of benzene rings is 3. The van der Waals surface area contributed by atoms with E-state index >= 15 is 0 Å². The van der Waals surface area contributed by atoms with Gasteiger partial charge in [-0.3, -0.25) is 19.0 Å². The van der Waals surface area contributed by atoms with Crippen molar-refractivity contribution in [3.8, 4) is 0 Å². The molecule has 5 rings (SSSR count).